The number of aromatic nitrogens is 2. The Morgan fingerprint density at radius 1 is 1.12 bits per heavy atom. The van der Waals surface area contributed by atoms with Gasteiger partial charge in [0, 0.05) is 12.2 Å². The highest BCUT2D eigenvalue weighted by molar-refractivity contribution is 6.34. The van der Waals surface area contributed by atoms with Crippen molar-refractivity contribution in [1.29, 1.82) is 0 Å². The number of hydrogen-bond donors (Lipinski definition) is 0. The predicted octanol–water partition coefficient (Wildman–Crippen LogP) is 4.08. The molecule has 0 saturated carbocycles. The maximum absolute atomic E-state index is 6.09. The van der Waals surface area contributed by atoms with Crippen molar-refractivity contribution in [2.45, 2.75) is 40.2 Å². The van der Waals surface area contributed by atoms with Crippen LogP contribution in [0.2, 0.25) is 10.3 Å². The molecule has 0 amide bonds. The summed E-state index contributed by atoms with van der Waals surface area (Å²) in [5, 5.41) is 0.848. The van der Waals surface area contributed by atoms with E-state index in [0.717, 1.165) is 12.0 Å². The molecule has 17 heavy (non-hydrogen) atoms. The second-order valence-corrected chi connectivity index (χ2v) is 4.83. The summed E-state index contributed by atoms with van der Waals surface area (Å²) in [6.45, 7) is 8.63. The third-order valence-corrected chi connectivity index (χ3v) is 3.11. The van der Waals surface area contributed by atoms with Gasteiger partial charge in [-0.25, -0.2) is 9.97 Å². The van der Waals surface area contributed by atoms with Crippen molar-refractivity contribution in [3.05, 3.63) is 21.7 Å². The summed E-state index contributed by atoms with van der Waals surface area (Å²) in [6, 6.07) is 0. The van der Waals surface area contributed by atoms with E-state index in [0.29, 0.717) is 22.7 Å². The Balaban J connectivity index is 3.13. The van der Waals surface area contributed by atoms with Crippen LogP contribution in [0.15, 0.2) is 0 Å². The van der Waals surface area contributed by atoms with E-state index in [2.05, 4.69) is 23.8 Å². The molecule has 0 bridgehead atoms. The minimum atomic E-state index is -0.166. The molecule has 1 aromatic heterocycles. The average Bonchev–Trinajstić information content (AvgIpc) is 2.24. The Hall–Kier alpha value is -0.380. The fourth-order valence-electron chi connectivity index (χ4n) is 1.61. The summed E-state index contributed by atoms with van der Waals surface area (Å²) in [7, 11) is 0. The maximum Gasteiger partial charge on any atom is 0.160 e. The molecule has 0 saturated heterocycles. The van der Waals surface area contributed by atoms with Gasteiger partial charge in [0.25, 0.3) is 0 Å². The summed E-state index contributed by atoms with van der Waals surface area (Å²) < 4.78 is 5.63. The highest BCUT2D eigenvalue weighted by Gasteiger charge is 2.21. The monoisotopic (exact) mass is 276 g/mol. The molecule has 0 aliphatic rings. The first kappa shape index (κ1) is 14.7. The van der Waals surface area contributed by atoms with Gasteiger partial charge in [-0.2, -0.15) is 0 Å². The van der Waals surface area contributed by atoms with Crippen molar-refractivity contribution in [2.75, 3.05) is 6.61 Å². The van der Waals surface area contributed by atoms with Gasteiger partial charge in [0.2, 0.25) is 0 Å². The van der Waals surface area contributed by atoms with Gasteiger partial charge in [0.1, 0.15) is 16.4 Å². The Bertz CT molecular complexity index is 360. The van der Waals surface area contributed by atoms with Crippen LogP contribution in [0.3, 0.4) is 0 Å². The normalized spacial score (nSPS) is 13.1. The van der Waals surface area contributed by atoms with E-state index in [1.807, 2.05) is 13.8 Å². The molecule has 3 nitrogen and oxygen atoms in total. The van der Waals surface area contributed by atoms with E-state index in [9.17, 15) is 0 Å². The molecule has 0 aromatic carbocycles. The van der Waals surface area contributed by atoms with Crippen LogP contribution in [0.1, 0.15) is 45.2 Å². The van der Waals surface area contributed by atoms with Crippen molar-refractivity contribution >= 4 is 23.2 Å². The van der Waals surface area contributed by atoms with Crippen molar-refractivity contribution in [1.82, 2.24) is 9.97 Å². The standard InChI is InChI=1S/C12H18Cl2N2O/c1-5-8-10(13)15-12(16-11(8)14)9(7(3)4)17-6-2/h7,9H,5-6H2,1-4H3. The zero-order chi connectivity index (χ0) is 13.0. The Morgan fingerprint density at radius 2 is 1.65 bits per heavy atom. The van der Waals surface area contributed by atoms with E-state index in [1.54, 1.807) is 0 Å². The summed E-state index contributed by atoms with van der Waals surface area (Å²) in [5.74, 6) is 0.837. The molecular formula is C12H18Cl2N2O. The van der Waals surface area contributed by atoms with E-state index >= 15 is 0 Å². The largest absolute Gasteiger partial charge is 0.370 e. The molecule has 5 heteroatoms. The van der Waals surface area contributed by atoms with Gasteiger partial charge in [-0.15, -0.1) is 0 Å². The van der Waals surface area contributed by atoms with Crippen molar-refractivity contribution in [3.63, 3.8) is 0 Å². The van der Waals surface area contributed by atoms with Crippen LogP contribution in [0.4, 0.5) is 0 Å². The van der Waals surface area contributed by atoms with Gasteiger partial charge in [0.05, 0.1) is 0 Å². The molecule has 0 spiro atoms. The van der Waals surface area contributed by atoms with E-state index in [-0.39, 0.29) is 12.0 Å². The van der Waals surface area contributed by atoms with Crippen LogP contribution in [-0.4, -0.2) is 16.6 Å². The first-order valence-electron chi connectivity index (χ1n) is 5.84. The Kier molecular flexibility index (Phi) is 5.63. The summed E-state index contributed by atoms with van der Waals surface area (Å²) in [6.07, 6.45) is 0.555. The van der Waals surface area contributed by atoms with Crippen LogP contribution in [0.5, 0.6) is 0 Å². The average molecular weight is 277 g/mol. The molecule has 1 heterocycles. The van der Waals surface area contributed by atoms with Crippen molar-refractivity contribution in [3.8, 4) is 0 Å². The first-order valence-corrected chi connectivity index (χ1v) is 6.60. The summed E-state index contributed by atoms with van der Waals surface area (Å²) >= 11 is 12.2. The quantitative estimate of drug-likeness (QED) is 0.761. The van der Waals surface area contributed by atoms with Gasteiger partial charge in [-0.3, -0.25) is 0 Å². The Morgan fingerprint density at radius 3 is 2.00 bits per heavy atom. The third-order valence-electron chi connectivity index (χ3n) is 2.48. The first-order chi connectivity index (χ1) is 8.01. The zero-order valence-corrected chi connectivity index (χ0v) is 12.1. The molecule has 96 valence electrons. The predicted molar refractivity (Wildman–Crippen MR) is 70.6 cm³/mol. The molecule has 0 fully saturated rings. The Labute approximate surface area is 113 Å². The minimum absolute atomic E-state index is 0.166. The number of hydrogen-bond acceptors (Lipinski definition) is 3. The van der Waals surface area contributed by atoms with Crippen LogP contribution < -0.4 is 0 Å². The van der Waals surface area contributed by atoms with Gasteiger partial charge in [-0.1, -0.05) is 44.0 Å². The highest BCUT2D eigenvalue weighted by Crippen LogP contribution is 2.28. The fraction of sp³-hybridized carbons (Fsp3) is 0.667. The van der Waals surface area contributed by atoms with Gasteiger partial charge >= 0.3 is 0 Å². The molecule has 0 N–H and O–H groups in total. The maximum atomic E-state index is 6.09. The molecular weight excluding hydrogens is 259 g/mol. The number of rotatable bonds is 5. The lowest BCUT2D eigenvalue weighted by Crippen LogP contribution is -2.15. The van der Waals surface area contributed by atoms with Gasteiger partial charge in [0.15, 0.2) is 5.82 Å². The molecule has 1 rings (SSSR count). The molecule has 0 radical (unpaired) electrons. The van der Waals surface area contributed by atoms with E-state index in [4.69, 9.17) is 27.9 Å². The highest BCUT2D eigenvalue weighted by atomic mass is 35.5. The molecule has 0 aliphatic carbocycles. The summed E-state index contributed by atoms with van der Waals surface area (Å²) in [5.41, 5.74) is 0.788. The molecule has 0 aliphatic heterocycles. The van der Waals surface area contributed by atoms with Crippen LogP contribution >= 0.6 is 23.2 Å². The van der Waals surface area contributed by atoms with Gasteiger partial charge < -0.3 is 4.74 Å². The zero-order valence-electron chi connectivity index (χ0n) is 10.6. The minimum Gasteiger partial charge on any atom is -0.370 e. The third kappa shape index (κ3) is 3.54. The SMILES string of the molecule is CCOC(c1nc(Cl)c(CC)c(Cl)n1)C(C)C. The number of ether oxygens (including phenoxy) is 1. The van der Waals surface area contributed by atoms with Crippen molar-refractivity contribution in [2.24, 2.45) is 5.92 Å². The number of halogens is 2. The molecule has 1 atom stereocenters. The van der Waals surface area contributed by atoms with E-state index < -0.39 is 0 Å². The second-order valence-electron chi connectivity index (χ2n) is 4.12. The lowest BCUT2D eigenvalue weighted by Gasteiger charge is -2.20. The van der Waals surface area contributed by atoms with Crippen LogP contribution in [0.25, 0.3) is 0 Å². The lowest BCUT2D eigenvalue weighted by atomic mass is 10.1. The second kappa shape index (κ2) is 6.53. The fourth-order valence-corrected chi connectivity index (χ4v) is 2.28. The van der Waals surface area contributed by atoms with Crippen LogP contribution in [-0.2, 0) is 11.2 Å². The van der Waals surface area contributed by atoms with Gasteiger partial charge in [-0.05, 0) is 19.3 Å². The smallest absolute Gasteiger partial charge is 0.160 e. The van der Waals surface area contributed by atoms with E-state index in [1.165, 1.54) is 0 Å². The summed E-state index contributed by atoms with van der Waals surface area (Å²) in [4.78, 5) is 8.58. The van der Waals surface area contributed by atoms with Crippen LogP contribution in [0, 0.1) is 5.92 Å². The molecule has 1 aromatic rings. The lowest BCUT2D eigenvalue weighted by molar-refractivity contribution is 0.0232. The topological polar surface area (TPSA) is 35.0 Å². The number of nitrogens with zero attached hydrogens (tertiary/aromatic N) is 2. The van der Waals surface area contributed by atoms with Crippen molar-refractivity contribution < 1.29 is 4.74 Å². The molecule has 1 unspecified atom stereocenters.